The maximum Gasteiger partial charge on any atom is 0.125 e. The number of benzene rings is 2. The summed E-state index contributed by atoms with van der Waals surface area (Å²) in [6.07, 6.45) is 3.36. The van der Waals surface area contributed by atoms with Crippen molar-refractivity contribution in [2.24, 2.45) is 0 Å². The Morgan fingerprint density at radius 3 is 3.00 bits per heavy atom. The molecule has 0 radical (unpaired) electrons. The molecule has 0 N–H and O–H groups in total. The van der Waals surface area contributed by atoms with Crippen LogP contribution in [0.25, 0.3) is 0 Å². The number of hydrogen-bond acceptors (Lipinski definition) is 2. The third-order valence-electron chi connectivity index (χ3n) is 4.93. The number of rotatable bonds is 2. The normalized spacial score (nSPS) is 19.5. The van der Waals surface area contributed by atoms with Gasteiger partial charge in [-0.05, 0) is 60.4 Å². The first-order chi connectivity index (χ1) is 10.7. The van der Waals surface area contributed by atoms with Crippen molar-refractivity contribution < 1.29 is 4.74 Å². The lowest BCUT2D eigenvalue weighted by Gasteiger charge is -2.28. The number of para-hydroxylation sites is 1. The highest BCUT2D eigenvalue weighted by Crippen LogP contribution is 2.40. The average Bonchev–Trinajstić information content (AvgIpc) is 2.91. The predicted molar refractivity (Wildman–Crippen MR) is 94.2 cm³/mol. The fourth-order valence-corrected chi connectivity index (χ4v) is 4.30. The van der Waals surface area contributed by atoms with E-state index in [-0.39, 0.29) is 0 Å². The van der Waals surface area contributed by atoms with Crippen molar-refractivity contribution >= 4 is 21.8 Å². The number of ether oxygens (including phenoxy) is 1. The highest BCUT2D eigenvalue weighted by Gasteiger charge is 2.26. The summed E-state index contributed by atoms with van der Waals surface area (Å²) in [6, 6.07) is 13.2. The second kappa shape index (κ2) is 5.62. The molecule has 2 aliphatic heterocycles. The van der Waals surface area contributed by atoms with Crippen LogP contribution in [0.3, 0.4) is 0 Å². The Morgan fingerprint density at radius 1 is 1.23 bits per heavy atom. The van der Waals surface area contributed by atoms with Crippen LogP contribution < -0.4 is 8.66 Å². The van der Waals surface area contributed by atoms with E-state index in [1.54, 1.807) is 0 Å². The zero-order valence-corrected chi connectivity index (χ0v) is 14.4. The minimum Gasteiger partial charge on any atom is -0.493 e. The highest BCUT2D eigenvalue weighted by atomic mass is 79.9. The molecule has 2 heterocycles. The lowest BCUT2D eigenvalue weighted by molar-refractivity contribution is 0.264. The van der Waals surface area contributed by atoms with Crippen molar-refractivity contribution in [1.82, 2.24) is 0 Å². The Hall–Kier alpha value is -1.48. The Kier molecular flexibility index (Phi) is 3.61. The summed E-state index contributed by atoms with van der Waals surface area (Å²) in [4.78, 5) is 0. The number of anilines is 1. The second-order valence-electron chi connectivity index (χ2n) is 6.28. The van der Waals surface area contributed by atoms with Gasteiger partial charge in [-0.25, -0.2) is 0 Å². The van der Waals surface area contributed by atoms with Gasteiger partial charge in [0.15, 0.2) is 0 Å². The van der Waals surface area contributed by atoms with Crippen LogP contribution in [0, 0.1) is 6.92 Å². The molecule has 22 heavy (non-hydrogen) atoms. The first-order valence-corrected chi connectivity index (χ1v) is 8.71. The molecule has 0 spiro atoms. The molecule has 3 heteroatoms. The smallest absolute Gasteiger partial charge is 0.125 e. The van der Waals surface area contributed by atoms with Crippen LogP contribution in [0.4, 0.5) is 5.69 Å². The fourth-order valence-electron chi connectivity index (χ4n) is 3.79. The van der Waals surface area contributed by atoms with Gasteiger partial charge in [0, 0.05) is 22.7 Å². The van der Waals surface area contributed by atoms with E-state index in [0.717, 1.165) is 38.2 Å². The summed E-state index contributed by atoms with van der Waals surface area (Å²) in [7, 11) is 0. The lowest BCUT2D eigenvalue weighted by Crippen LogP contribution is -2.17. The topological polar surface area (TPSA) is 12.5 Å². The van der Waals surface area contributed by atoms with E-state index >= 15 is 0 Å². The molecule has 0 amide bonds. The van der Waals surface area contributed by atoms with E-state index in [1.165, 1.54) is 27.9 Å². The van der Waals surface area contributed by atoms with Crippen LogP contribution >= 0.6 is 16.1 Å². The first-order valence-electron chi connectivity index (χ1n) is 8.00. The zero-order valence-electron chi connectivity index (χ0n) is 12.8. The molecule has 1 unspecified atom stereocenters. The number of halogens is 1. The van der Waals surface area contributed by atoms with Gasteiger partial charge in [0.05, 0.1) is 12.3 Å². The molecule has 0 bridgehead atoms. The Bertz CT molecular complexity index is 713. The molecular weight excluding hydrogens is 338 g/mol. The summed E-state index contributed by atoms with van der Waals surface area (Å²) < 4.78 is 8.10. The van der Waals surface area contributed by atoms with Gasteiger partial charge in [0.25, 0.3) is 0 Å². The van der Waals surface area contributed by atoms with Gasteiger partial charge in [-0.1, -0.05) is 30.3 Å². The molecule has 0 aromatic heterocycles. The second-order valence-corrected chi connectivity index (χ2v) is 7.14. The van der Waals surface area contributed by atoms with Crippen LogP contribution in [0.2, 0.25) is 0 Å². The lowest BCUT2D eigenvalue weighted by atomic mass is 9.85. The molecule has 2 aliphatic rings. The molecule has 0 aliphatic carbocycles. The van der Waals surface area contributed by atoms with E-state index in [4.69, 9.17) is 4.74 Å². The molecule has 2 nitrogen and oxygen atoms in total. The molecule has 2 aromatic rings. The van der Waals surface area contributed by atoms with Gasteiger partial charge in [-0.2, -0.15) is 0 Å². The van der Waals surface area contributed by atoms with Crippen molar-refractivity contribution in [3.05, 3.63) is 58.7 Å². The molecule has 2 aromatic carbocycles. The quantitative estimate of drug-likeness (QED) is 0.717. The van der Waals surface area contributed by atoms with Gasteiger partial charge in [0.2, 0.25) is 0 Å². The van der Waals surface area contributed by atoms with Crippen LogP contribution in [-0.4, -0.2) is 13.2 Å². The van der Waals surface area contributed by atoms with Gasteiger partial charge < -0.3 is 8.66 Å². The van der Waals surface area contributed by atoms with Gasteiger partial charge in [0.1, 0.15) is 5.75 Å². The van der Waals surface area contributed by atoms with Crippen molar-refractivity contribution in [3.8, 4) is 5.75 Å². The molecule has 4 rings (SSSR count). The van der Waals surface area contributed by atoms with E-state index in [0.29, 0.717) is 5.92 Å². The largest absolute Gasteiger partial charge is 0.493 e. The monoisotopic (exact) mass is 357 g/mol. The minimum absolute atomic E-state index is 0.569. The molecule has 0 fully saturated rings. The van der Waals surface area contributed by atoms with Crippen LogP contribution in [-0.2, 0) is 12.8 Å². The summed E-state index contributed by atoms with van der Waals surface area (Å²) in [6.45, 7) is 4.04. The van der Waals surface area contributed by atoms with E-state index < -0.39 is 0 Å². The molecule has 1 atom stereocenters. The predicted octanol–water partition coefficient (Wildman–Crippen LogP) is 4.78. The summed E-state index contributed by atoms with van der Waals surface area (Å²) >= 11 is 3.65. The molecular formula is C19H20BrNO. The summed E-state index contributed by atoms with van der Waals surface area (Å²) in [5, 5.41) is 0. The van der Waals surface area contributed by atoms with Crippen molar-refractivity contribution in [1.29, 1.82) is 0 Å². The molecule has 114 valence electrons. The fraction of sp³-hybridized carbons (Fsp3) is 0.368. The van der Waals surface area contributed by atoms with Gasteiger partial charge in [-0.15, -0.1) is 0 Å². The Balaban J connectivity index is 1.68. The SMILES string of the molecule is Cc1cccc2c1OCCC2Cc1cccc2c1CCN2Br. The van der Waals surface area contributed by atoms with Crippen LogP contribution in [0.5, 0.6) is 5.75 Å². The number of fused-ring (bicyclic) bond motifs is 2. The number of hydrogen-bond donors (Lipinski definition) is 0. The Labute approximate surface area is 140 Å². The average molecular weight is 358 g/mol. The minimum atomic E-state index is 0.569. The zero-order chi connectivity index (χ0) is 15.1. The van der Waals surface area contributed by atoms with Gasteiger partial charge >= 0.3 is 0 Å². The number of nitrogens with zero attached hydrogens (tertiary/aromatic N) is 1. The van der Waals surface area contributed by atoms with Crippen molar-refractivity contribution in [2.75, 3.05) is 17.1 Å². The third kappa shape index (κ3) is 2.32. The molecule has 0 saturated carbocycles. The van der Waals surface area contributed by atoms with E-state index in [2.05, 4.69) is 63.4 Å². The maximum atomic E-state index is 5.92. The Morgan fingerprint density at radius 2 is 2.09 bits per heavy atom. The maximum absolute atomic E-state index is 5.92. The first kappa shape index (κ1) is 14.1. The van der Waals surface area contributed by atoms with Crippen LogP contribution in [0.1, 0.15) is 34.6 Å². The van der Waals surface area contributed by atoms with Crippen molar-refractivity contribution in [3.63, 3.8) is 0 Å². The summed E-state index contributed by atoms with van der Waals surface area (Å²) in [5.41, 5.74) is 7.00. The third-order valence-corrected chi connectivity index (χ3v) is 5.67. The van der Waals surface area contributed by atoms with Gasteiger partial charge in [-0.3, -0.25) is 0 Å². The van der Waals surface area contributed by atoms with Crippen molar-refractivity contribution in [2.45, 2.75) is 32.1 Å². The van der Waals surface area contributed by atoms with E-state index in [9.17, 15) is 0 Å². The van der Waals surface area contributed by atoms with Crippen LogP contribution in [0.15, 0.2) is 36.4 Å². The summed E-state index contributed by atoms with van der Waals surface area (Å²) in [5.74, 6) is 1.69. The van der Waals surface area contributed by atoms with E-state index in [1.807, 2.05) is 0 Å². The highest BCUT2D eigenvalue weighted by molar-refractivity contribution is 9.10. The number of aryl methyl sites for hydroxylation is 1. The molecule has 0 saturated heterocycles. The standard InChI is InChI=1S/C19H20BrNO/c1-13-4-2-6-17-15(9-11-22-19(13)17)12-14-5-3-7-18-16(14)8-10-21(18)20/h2-7,15H,8-12H2,1H3.